The molecule has 33 heavy (non-hydrogen) atoms. The van der Waals surface area contributed by atoms with E-state index in [-0.39, 0.29) is 33.6 Å². The molecule has 0 aliphatic rings. The molecule has 0 heterocycles. The molecule has 0 spiro atoms. The molecule has 0 aromatic heterocycles. The summed E-state index contributed by atoms with van der Waals surface area (Å²) in [6, 6.07) is 12.4. The number of aryl methyl sites for hydroxylation is 2. The number of benzene rings is 3. The minimum absolute atomic E-state index is 0. The third-order valence-corrected chi connectivity index (χ3v) is 7.44. The summed E-state index contributed by atoms with van der Waals surface area (Å²) >= 11 is 0. The summed E-state index contributed by atoms with van der Waals surface area (Å²) in [5.74, 6) is 0. The van der Waals surface area contributed by atoms with Crippen molar-refractivity contribution in [1.82, 2.24) is 12.3 Å². The summed E-state index contributed by atoms with van der Waals surface area (Å²) in [6.45, 7) is 3.36. The maximum Gasteiger partial charge on any atom is 0.294 e. The van der Waals surface area contributed by atoms with Gasteiger partial charge in [0, 0.05) is 10.9 Å². The highest BCUT2D eigenvalue weighted by molar-refractivity contribution is 7.86. The van der Waals surface area contributed by atoms with E-state index in [4.69, 9.17) is 0 Å². The van der Waals surface area contributed by atoms with Crippen molar-refractivity contribution in [2.45, 2.75) is 23.6 Å². The summed E-state index contributed by atoms with van der Waals surface area (Å²) in [5, 5.41) is 0.0368. The number of hydrogen-bond acceptors (Lipinski definition) is 7. The summed E-state index contributed by atoms with van der Waals surface area (Å²) in [4.78, 5) is 9.20. The van der Waals surface area contributed by atoms with Crippen molar-refractivity contribution in [2.24, 2.45) is 0 Å². The summed E-state index contributed by atoms with van der Waals surface area (Å²) in [7, 11) is -12.3. The fourth-order valence-electron chi connectivity index (χ4n) is 3.33. The molecule has 1 unspecified atom stereocenters. The van der Waals surface area contributed by atoms with Crippen molar-refractivity contribution in [3.63, 3.8) is 0 Å². The molecule has 0 saturated heterocycles. The van der Waals surface area contributed by atoms with Crippen molar-refractivity contribution in [3.8, 4) is 22.3 Å². The van der Waals surface area contributed by atoms with Gasteiger partial charge in [-0.1, -0.05) is 24.3 Å². The van der Waals surface area contributed by atoms with Crippen molar-refractivity contribution in [1.29, 1.82) is 0 Å². The average Bonchev–Trinajstić information content (AvgIpc) is 2.66. The van der Waals surface area contributed by atoms with E-state index in [2.05, 4.69) is 0 Å². The van der Waals surface area contributed by atoms with Crippen LogP contribution in [0, 0.1) is 13.8 Å². The predicted molar refractivity (Wildman–Crippen MR) is 127 cm³/mol. The second-order valence-electron chi connectivity index (χ2n) is 6.94. The second kappa shape index (κ2) is 10.2. The summed E-state index contributed by atoms with van der Waals surface area (Å²) in [5.41, 5.74) is 2.42. The first kappa shape index (κ1) is 28.6. The van der Waals surface area contributed by atoms with Crippen molar-refractivity contribution >= 4 is 33.6 Å². The highest BCUT2D eigenvalue weighted by Crippen LogP contribution is 2.39. The van der Waals surface area contributed by atoms with Crippen LogP contribution >= 0.6 is 8.03 Å². The van der Waals surface area contributed by atoms with E-state index in [1.54, 1.807) is 19.9 Å². The zero-order valence-corrected chi connectivity index (χ0v) is 20.4. The van der Waals surface area contributed by atoms with Gasteiger partial charge >= 0.3 is 0 Å². The monoisotopic (exact) mass is 516 g/mol. The van der Waals surface area contributed by atoms with Gasteiger partial charge in [0.1, 0.15) is 0 Å². The van der Waals surface area contributed by atoms with E-state index in [1.807, 2.05) is 0 Å². The van der Waals surface area contributed by atoms with Crippen LogP contribution in [0.1, 0.15) is 11.1 Å². The molecule has 0 amide bonds. The minimum Gasteiger partial charge on any atom is -0.344 e. The third kappa shape index (κ3) is 5.94. The van der Waals surface area contributed by atoms with E-state index in [9.17, 15) is 35.4 Å². The highest BCUT2D eigenvalue weighted by Gasteiger charge is 2.21. The first-order valence-electron chi connectivity index (χ1n) is 8.84. The quantitative estimate of drug-likeness (QED) is 0.245. The van der Waals surface area contributed by atoms with Gasteiger partial charge in [-0.25, -0.2) is 0 Å². The predicted octanol–water partition coefficient (Wildman–Crippen LogP) is 3.55. The normalized spacial score (nSPS) is 12.4. The Morgan fingerprint density at radius 1 is 0.697 bits per heavy atom. The smallest absolute Gasteiger partial charge is 0.294 e. The second-order valence-corrected chi connectivity index (χ2v) is 10.9. The van der Waals surface area contributed by atoms with E-state index in [0.29, 0.717) is 22.3 Å². The molecule has 13 heteroatoms. The van der Waals surface area contributed by atoms with Gasteiger partial charge in [0.05, 0.1) is 9.79 Å². The van der Waals surface area contributed by atoms with Crippen LogP contribution in [0.3, 0.4) is 0 Å². The molecule has 3 aromatic rings. The highest BCUT2D eigenvalue weighted by atomic mass is 32.2. The van der Waals surface area contributed by atoms with Gasteiger partial charge in [-0.05, 0) is 72.0 Å². The fraction of sp³-hybridized carbons (Fsp3) is 0.100. The largest absolute Gasteiger partial charge is 0.344 e. The van der Waals surface area contributed by atoms with Crippen LogP contribution in [-0.2, 0) is 24.8 Å². The first-order valence-corrected chi connectivity index (χ1v) is 13.1. The van der Waals surface area contributed by atoms with Crippen LogP contribution in [0.4, 0.5) is 0 Å². The Morgan fingerprint density at radius 2 is 1.15 bits per heavy atom. The van der Waals surface area contributed by atoms with Gasteiger partial charge in [0.25, 0.3) is 20.2 Å². The lowest BCUT2D eigenvalue weighted by molar-refractivity contribution is 0.481. The van der Waals surface area contributed by atoms with Gasteiger partial charge < -0.3 is 17.2 Å². The van der Waals surface area contributed by atoms with Crippen molar-refractivity contribution < 1.29 is 35.4 Å². The van der Waals surface area contributed by atoms with Crippen LogP contribution < -0.4 is 17.6 Å². The van der Waals surface area contributed by atoms with E-state index in [1.165, 1.54) is 48.5 Å². The number of hydrogen-bond donors (Lipinski definition) is 5. The van der Waals surface area contributed by atoms with Crippen LogP contribution in [0.5, 0.6) is 0 Å². The fourth-order valence-corrected chi connectivity index (χ4v) is 5.06. The van der Waals surface area contributed by atoms with Crippen LogP contribution in [0.15, 0.2) is 64.4 Å². The Hall–Kier alpha value is -2.41. The molecule has 0 fully saturated rings. The molecular weight excluding hydrogens is 491 g/mol. The van der Waals surface area contributed by atoms with Gasteiger partial charge in [0.2, 0.25) is 8.03 Å². The minimum atomic E-state index is -4.54. The Labute approximate surface area is 192 Å². The zero-order chi connectivity index (χ0) is 23.1. The molecule has 0 saturated carbocycles. The molecule has 3 aromatic carbocycles. The molecule has 10 nitrogen and oxygen atoms in total. The molecule has 180 valence electrons. The molecule has 3 rings (SSSR count). The van der Waals surface area contributed by atoms with Crippen LogP contribution in [-0.4, -0.2) is 30.8 Å². The Morgan fingerprint density at radius 3 is 1.61 bits per heavy atom. The zero-order valence-electron chi connectivity index (χ0n) is 17.8. The molecular formula is C20H25N2O8PS2. The summed E-state index contributed by atoms with van der Waals surface area (Å²) < 4.78 is 77.7. The Kier molecular flexibility index (Phi) is 8.89. The van der Waals surface area contributed by atoms with E-state index < -0.39 is 33.2 Å². The number of rotatable bonds is 5. The maximum atomic E-state index is 12.2. The molecule has 0 bridgehead atoms. The maximum absolute atomic E-state index is 12.2. The third-order valence-electron chi connectivity index (χ3n) is 4.87. The van der Waals surface area contributed by atoms with Gasteiger partial charge in [0.15, 0.2) is 0 Å². The molecule has 1 atom stereocenters. The molecule has 0 radical (unpaired) electrons. The molecule has 0 aliphatic heterocycles. The van der Waals surface area contributed by atoms with Gasteiger partial charge in [-0.2, -0.15) is 16.8 Å². The van der Waals surface area contributed by atoms with Gasteiger partial charge in [-0.3, -0.25) is 13.7 Å². The first-order chi connectivity index (χ1) is 14.3. The van der Waals surface area contributed by atoms with Gasteiger partial charge in [-0.15, -0.1) is 0 Å². The summed E-state index contributed by atoms with van der Waals surface area (Å²) in [6.07, 6.45) is 0. The average molecular weight is 517 g/mol. The SMILES string of the molecule is Cc1ccc(S(=O)(=O)O)cc1-c1cccc([PH](=O)O)c1-c1cc(S(=O)(=O)O)ccc1C.N.N. The van der Waals surface area contributed by atoms with E-state index in [0.717, 1.165) is 0 Å². The molecule has 0 aliphatic carbocycles. The van der Waals surface area contributed by atoms with Crippen LogP contribution in [0.2, 0.25) is 0 Å². The lowest BCUT2D eigenvalue weighted by Gasteiger charge is -2.18. The Balaban J connectivity index is 0.00000272. The topological polar surface area (TPSA) is 216 Å². The van der Waals surface area contributed by atoms with Crippen LogP contribution in [0.25, 0.3) is 22.3 Å². The van der Waals surface area contributed by atoms with Crippen molar-refractivity contribution in [3.05, 3.63) is 65.7 Å². The van der Waals surface area contributed by atoms with E-state index >= 15 is 0 Å². The molecule has 9 N–H and O–H groups in total. The van der Waals surface area contributed by atoms with Crippen molar-refractivity contribution in [2.75, 3.05) is 0 Å². The Bertz CT molecular complexity index is 1440. The lowest BCUT2D eigenvalue weighted by atomic mass is 9.90. The lowest BCUT2D eigenvalue weighted by Crippen LogP contribution is -2.07. The standard InChI is InChI=1S/C20H19O8PS2.2H3N/c1-12-6-8-14(30(23,24)25)10-17(12)16-4-3-5-19(29(21)22)20(16)18-11-15(31(26,27)28)9-7-13(18)2;;/h3-11,29H,1-2H3,(H,21,22)(H,23,24,25)(H,26,27,28);2*1H3.